The Balaban J connectivity index is 1.98. The molecule has 0 spiro atoms. The number of tetrazole rings is 1. The maximum atomic E-state index is 11.8. The van der Waals surface area contributed by atoms with Crippen molar-refractivity contribution in [1.29, 1.82) is 0 Å². The van der Waals surface area contributed by atoms with E-state index in [4.69, 9.17) is 4.84 Å². The summed E-state index contributed by atoms with van der Waals surface area (Å²) in [4.78, 5) is 19.7. The van der Waals surface area contributed by atoms with E-state index < -0.39 is 0 Å². The summed E-state index contributed by atoms with van der Waals surface area (Å²) in [5.74, 6) is 0.783. The number of piperidine rings is 1. The number of amides is 1. The summed E-state index contributed by atoms with van der Waals surface area (Å²) < 4.78 is 1.68. The fourth-order valence-corrected chi connectivity index (χ4v) is 2.59. The van der Waals surface area contributed by atoms with Gasteiger partial charge in [0.15, 0.2) is 5.82 Å². The molecule has 0 aliphatic carbocycles. The smallest absolute Gasteiger partial charge is 0.243 e. The maximum Gasteiger partial charge on any atom is 0.243 e. The van der Waals surface area contributed by atoms with Gasteiger partial charge in [0, 0.05) is 20.5 Å². The molecule has 21 heavy (non-hydrogen) atoms. The van der Waals surface area contributed by atoms with E-state index in [1.165, 1.54) is 5.06 Å². The molecule has 0 bridgehead atoms. The molecule has 8 nitrogen and oxygen atoms in total. The van der Waals surface area contributed by atoms with Crippen molar-refractivity contribution >= 4 is 5.91 Å². The Kier molecular flexibility index (Phi) is 5.24. The zero-order valence-corrected chi connectivity index (χ0v) is 13.2. The van der Waals surface area contributed by atoms with Crippen molar-refractivity contribution in [3.05, 3.63) is 5.82 Å². The third kappa shape index (κ3) is 4.21. The van der Waals surface area contributed by atoms with Gasteiger partial charge in [-0.2, -0.15) is 0 Å². The van der Waals surface area contributed by atoms with Crippen LogP contribution in [0.3, 0.4) is 0 Å². The highest BCUT2D eigenvalue weighted by Gasteiger charge is 2.29. The van der Waals surface area contributed by atoms with Gasteiger partial charge in [-0.3, -0.25) is 14.5 Å². The molecule has 1 unspecified atom stereocenters. The quantitative estimate of drug-likeness (QED) is 0.730. The molecular weight excluding hydrogens is 272 g/mol. The molecule has 1 aliphatic rings. The van der Waals surface area contributed by atoms with Crippen LogP contribution in [0, 0.1) is 0 Å². The summed E-state index contributed by atoms with van der Waals surface area (Å²) in [7, 11) is 1.83. The van der Waals surface area contributed by atoms with Crippen LogP contribution in [-0.4, -0.2) is 61.3 Å². The molecule has 1 saturated heterocycles. The average Bonchev–Trinajstić information content (AvgIpc) is 2.81. The van der Waals surface area contributed by atoms with Crippen LogP contribution >= 0.6 is 0 Å². The van der Waals surface area contributed by atoms with Gasteiger partial charge in [0.1, 0.15) is 0 Å². The highest BCUT2D eigenvalue weighted by atomic mass is 16.7. The molecule has 2 heterocycles. The monoisotopic (exact) mass is 296 g/mol. The topological polar surface area (TPSA) is 76.4 Å². The van der Waals surface area contributed by atoms with Crippen LogP contribution < -0.4 is 0 Å². The molecule has 8 heteroatoms. The first kappa shape index (κ1) is 15.8. The van der Waals surface area contributed by atoms with Gasteiger partial charge in [0.05, 0.1) is 18.7 Å². The predicted molar refractivity (Wildman–Crippen MR) is 75.8 cm³/mol. The summed E-state index contributed by atoms with van der Waals surface area (Å²) in [5.41, 5.74) is 0. The van der Waals surface area contributed by atoms with Crippen molar-refractivity contribution in [2.24, 2.45) is 7.05 Å². The van der Waals surface area contributed by atoms with Crippen molar-refractivity contribution in [3.8, 4) is 0 Å². The minimum atomic E-state index is -0.0455. The number of nitrogens with zero attached hydrogens (tertiary/aromatic N) is 6. The van der Waals surface area contributed by atoms with E-state index in [0.717, 1.165) is 31.8 Å². The Morgan fingerprint density at radius 2 is 2.29 bits per heavy atom. The molecule has 0 radical (unpaired) electrons. The second kappa shape index (κ2) is 6.95. The molecule has 0 saturated carbocycles. The van der Waals surface area contributed by atoms with E-state index in [2.05, 4.69) is 20.4 Å². The summed E-state index contributed by atoms with van der Waals surface area (Å²) in [6.45, 7) is 7.86. The molecule has 0 N–H and O–H groups in total. The van der Waals surface area contributed by atoms with Gasteiger partial charge in [-0.1, -0.05) is 0 Å². The van der Waals surface area contributed by atoms with Crippen molar-refractivity contribution in [2.45, 2.75) is 52.3 Å². The number of hydrogen-bond donors (Lipinski definition) is 0. The Bertz CT molecular complexity index is 475. The first-order valence-electron chi connectivity index (χ1n) is 7.37. The lowest BCUT2D eigenvalue weighted by molar-refractivity contribution is -0.219. The van der Waals surface area contributed by atoms with Crippen molar-refractivity contribution in [1.82, 2.24) is 30.2 Å². The lowest BCUT2D eigenvalue weighted by atomic mass is 10.1. The zero-order valence-electron chi connectivity index (χ0n) is 13.2. The van der Waals surface area contributed by atoms with E-state index in [-0.39, 0.29) is 18.1 Å². The second-order valence-electron chi connectivity index (χ2n) is 5.75. The number of hydroxylamine groups is 2. The Hall–Kier alpha value is -1.54. The van der Waals surface area contributed by atoms with Crippen LogP contribution in [0.2, 0.25) is 0 Å². The maximum absolute atomic E-state index is 11.8. The molecular formula is C13H24N6O2. The SMILES string of the molecule is CC(=O)N(OC(C)C)C1CCCN(Cc2nnnn2C)C1. The molecule has 2 rings (SSSR count). The predicted octanol–water partition coefficient (Wildman–Crippen LogP) is 0.363. The molecule has 1 aliphatic heterocycles. The zero-order chi connectivity index (χ0) is 15.4. The molecule has 1 amide bonds. The Morgan fingerprint density at radius 3 is 2.86 bits per heavy atom. The van der Waals surface area contributed by atoms with Gasteiger partial charge in [0.25, 0.3) is 0 Å². The second-order valence-corrected chi connectivity index (χ2v) is 5.75. The van der Waals surface area contributed by atoms with Gasteiger partial charge in [0.2, 0.25) is 5.91 Å². The van der Waals surface area contributed by atoms with Gasteiger partial charge >= 0.3 is 0 Å². The lowest BCUT2D eigenvalue weighted by Gasteiger charge is -2.38. The standard InChI is InChI=1S/C13H24N6O2/c1-10(2)21-19(11(3)20)12-6-5-7-18(8-12)9-13-14-15-16-17(13)4/h10,12H,5-9H2,1-4H3. The van der Waals surface area contributed by atoms with E-state index in [1.807, 2.05) is 20.9 Å². The average molecular weight is 296 g/mol. The van der Waals surface area contributed by atoms with Gasteiger partial charge in [-0.15, -0.1) is 5.10 Å². The van der Waals surface area contributed by atoms with Crippen molar-refractivity contribution < 1.29 is 9.63 Å². The first-order valence-corrected chi connectivity index (χ1v) is 7.37. The fraction of sp³-hybridized carbons (Fsp3) is 0.846. The third-order valence-electron chi connectivity index (χ3n) is 3.52. The molecule has 0 aromatic carbocycles. The normalized spacial score (nSPS) is 20.0. The number of rotatable bonds is 5. The van der Waals surface area contributed by atoms with Crippen LogP contribution in [0.5, 0.6) is 0 Å². The van der Waals surface area contributed by atoms with Crippen LogP contribution in [-0.2, 0) is 23.2 Å². The van der Waals surface area contributed by atoms with Crippen LogP contribution in [0.4, 0.5) is 0 Å². The van der Waals surface area contributed by atoms with Gasteiger partial charge < -0.3 is 0 Å². The number of carbonyl (C=O) groups excluding carboxylic acids is 1. The molecule has 1 fully saturated rings. The molecule has 118 valence electrons. The van der Waals surface area contributed by atoms with Gasteiger partial charge in [-0.25, -0.2) is 9.75 Å². The van der Waals surface area contributed by atoms with Gasteiger partial charge in [-0.05, 0) is 43.7 Å². The minimum absolute atomic E-state index is 0.00721. The summed E-state index contributed by atoms with van der Waals surface area (Å²) in [6.07, 6.45) is 1.98. The van der Waals surface area contributed by atoms with Crippen molar-refractivity contribution in [3.63, 3.8) is 0 Å². The lowest BCUT2D eigenvalue weighted by Crippen LogP contribution is -2.50. The largest absolute Gasteiger partial charge is 0.294 e. The molecule has 1 atom stereocenters. The summed E-state index contributed by atoms with van der Waals surface area (Å²) in [6, 6.07) is 0.0832. The fourth-order valence-electron chi connectivity index (χ4n) is 2.59. The first-order chi connectivity index (χ1) is 9.97. The van der Waals surface area contributed by atoms with E-state index in [9.17, 15) is 4.79 Å². The van der Waals surface area contributed by atoms with E-state index in [1.54, 1.807) is 11.6 Å². The number of likely N-dealkylation sites (tertiary alicyclic amines) is 1. The van der Waals surface area contributed by atoms with Crippen LogP contribution in [0.25, 0.3) is 0 Å². The Labute approximate surface area is 125 Å². The third-order valence-corrected chi connectivity index (χ3v) is 3.52. The molecule has 1 aromatic rings. The summed E-state index contributed by atoms with van der Waals surface area (Å²) in [5, 5.41) is 13.0. The number of aryl methyl sites for hydroxylation is 1. The van der Waals surface area contributed by atoms with Crippen molar-refractivity contribution in [2.75, 3.05) is 13.1 Å². The van der Waals surface area contributed by atoms with E-state index >= 15 is 0 Å². The summed E-state index contributed by atoms with van der Waals surface area (Å²) >= 11 is 0. The highest BCUT2D eigenvalue weighted by Crippen LogP contribution is 2.18. The number of hydrogen-bond acceptors (Lipinski definition) is 6. The van der Waals surface area contributed by atoms with E-state index in [0.29, 0.717) is 6.54 Å². The van der Waals surface area contributed by atoms with Crippen LogP contribution in [0.15, 0.2) is 0 Å². The number of carbonyl (C=O) groups is 1. The minimum Gasteiger partial charge on any atom is -0.294 e. The highest BCUT2D eigenvalue weighted by molar-refractivity contribution is 5.72. The van der Waals surface area contributed by atoms with Crippen LogP contribution in [0.1, 0.15) is 39.4 Å². The Morgan fingerprint density at radius 1 is 1.52 bits per heavy atom. The molecule has 1 aromatic heterocycles. The number of aromatic nitrogens is 4.